The van der Waals surface area contributed by atoms with E-state index in [1.165, 1.54) is 0 Å². The largest absolute Gasteiger partial charge is 0.440 e. The summed E-state index contributed by atoms with van der Waals surface area (Å²) in [4.78, 5) is 0.801. The average molecular weight is 168 g/mol. The molecule has 0 heterocycles. The highest BCUT2D eigenvalue weighted by Gasteiger charge is 1.85. The SMILES string of the molecule is CN=[S-](=O)c1ccccc1C. The Morgan fingerprint density at radius 3 is 2.55 bits per heavy atom. The third-order valence-electron chi connectivity index (χ3n) is 1.45. The van der Waals surface area contributed by atoms with Gasteiger partial charge in [0.2, 0.25) is 0 Å². The quantitative estimate of drug-likeness (QED) is 0.591. The van der Waals surface area contributed by atoms with E-state index in [4.69, 9.17) is 0 Å². The van der Waals surface area contributed by atoms with Crippen LogP contribution in [-0.4, -0.2) is 7.05 Å². The number of hydrogen-bond acceptors (Lipinski definition) is 3. The number of nitrogens with zero attached hydrogens (tertiary/aromatic N) is 1. The minimum Gasteiger partial charge on any atom is -0.440 e. The fourth-order valence-corrected chi connectivity index (χ4v) is 1.59. The molecule has 0 unspecified atom stereocenters. The summed E-state index contributed by atoms with van der Waals surface area (Å²) in [6.45, 7) is 1.93. The molecule has 0 aliphatic heterocycles. The van der Waals surface area contributed by atoms with E-state index in [2.05, 4.69) is 4.36 Å². The summed E-state index contributed by atoms with van der Waals surface area (Å²) < 4.78 is 14.9. The van der Waals surface area contributed by atoms with Gasteiger partial charge in [0.15, 0.2) is 0 Å². The van der Waals surface area contributed by atoms with Crippen LogP contribution in [0.2, 0.25) is 0 Å². The lowest BCUT2D eigenvalue weighted by Gasteiger charge is -2.06. The molecule has 0 fully saturated rings. The summed E-state index contributed by atoms with van der Waals surface area (Å²) in [6.07, 6.45) is 0. The van der Waals surface area contributed by atoms with Gasteiger partial charge < -0.3 is 8.57 Å². The van der Waals surface area contributed by atoms with Crippen molar-refractivity contribution in [3.63, 3.8) is 0 Å². The molecule has 2 nitrogen and oxygen atoms in total. The zero-order chi connectivity index (χ0) is 8.27. The molecule has 0 N–H and O–H groups in total. The van der Waals surface area contributed by atoms with Gasteiger partial charge in [-0.1, -0.05) is 34.7 Å². The molecule has 0 amide bonds. The van der Waals surface area contributed by atoms with E-state index in [0.29, 0.717) is 0 Å². The third-order valence-corrected chi connectivity index (χ3v) is 2.61. The molecule has 1 aromatic carbocycles. The Balaban J connectivity index is 3.25. The van der Waals surface area contributed by atoms with E-state index < -0.39 is 10.6 Å². The number of rotatable bonds is 1. The fourth-order valence-electron chi connectivity index (χ4n) is 0.851. The molecule has 3 heteroatoms. The van der Waals surface area contributed by atoms with Crippen molar-refractivity contribution in [2.75, 3.05) is 7.05 Å². The van der Waals surface area contributed by atoms with Crippen LogP contribution in [0.1, 0.15) is 5.56 Å². The number of hydrogen-bond donors (Lipinski definition) is 0. The molecule has 0 atom stereocenters. The van der Waals surface area contributed by atoms with Crippen LogP contribution in [0.4, 0.5) is 0 Å². The molecule has 0 saturated heterocycles. The highest BCUT2D eigenvalue weighted by Crippen LogP contribution is 2.08. The Labute approximate surface area is 68.5 Å². The van der Waals surface area contributed by atoms with Gasteiger partial charge in [0.1, 0.15) is 0 Å². The van der Waals surface area contributed by atoms with Crippen LogP contribution in [0.25, 0.3) is 0 Å². The Morgan fingerprint density at radius 2 is 2.00 bits per heavy atom. The number of aryl methyl sites for hydroxylation is 1. The van der Waals surface area contributed by atoms with Crippen molar-refractivity contribution < 1.29 is 4.21 Å². The highest BCUT2D eigenvalue weighted by atomic mass is 32.2. The predicted molar refractivity (Wildman–Crippen MR) is 45.8 cm³/mol. The first kappa shape index (κ1) is 8.27. The average Bonchev–Trinajstić information content (AvgIpc) is 2.04. The van der Waals surface area contributed by atoms with Crippen molar-refractivity contribution in [2.45, 2.75) is 11.8 Å². The predicted octanol–water partition coefficient (Wildman–Crippen LogP) is 2.13. The minimum absolute atomic E-state index is 0.801. The molecule has 0 spiro atoms. The first-order valence-electron chi connectivity index (χ1n) is 3.33. The highest BCUT2D eigenvalue weighted by molar-refractivity contribution is 7.74. The van der Waals surface area contributed by atoms with E-state index in [0.717, 1.165) is 10.5 Å². The van der Waals surface area contributed by atoms with Gasteiger partial charge in [-0.15, -0.1) is 0 Å². The third kappa shape index (κ3) is 1.80. The molecule has 0 bridgehead atoms. The summed E-state index contributed by atoms with van der Waals surface area (Å²) in [7, 11) is 0.381. The number of benzene rings is 1. The van der Waals surface area contributed by atoms with E-state index in [9.17, 15) is 4.21 Å². The van der Waals surface area contributed by atoms with Gasteiger partial charge in [-0.3, -0.25) is 0 Å². The van der Waals surface area contributed by atoms with Crippen LogP contribution in [0.3, 0.4) is 0 Å². The van der Waals surface area contributed by atoms with E-state index in [1.54, 1.807) is 7.05 Å². The van der Waals surface area contributed by atoms with Crippen molar-refractivity contribution in [3.8, 4) is 0 Å². The van der Waals surface area contributed by atoms with Gasteiger partial charge in [-0.25, -0.2) is 0 Å². The van der Waals surface area contributed by atoms with Crippen molar-refractivity contribution in [2.24, 2.45) is 4.36 Å². The molecule has 0 saturated carbocycles. The van der Waals surface area contributed by atoms with E-state index >= 15 is 0 Å². The van der Waals surface area contributed by atoms with Crippen LogP contribution in [0.15, 0.2) is 33.5 Å². The van der Waals surface area contributed by atoms with Gasteiger partial charge in [-0.05, 0) is 6.92 Å². The van der Waals surface area contributed by atoms with Crippen molar-refractivity contribution in [3.05, 3.63) is 29.8 Å². The standard InChI is InChI=1S/C8H10NOS/c1-7-5-3-4-6-8(7)11(10)9-2/h3-6H,1-2H3/q-1. The Hall–Kier alpha value is -0.830. The summed E-state index contributed by atoms with van der Waals surface area (Å²) in [5, 5.41) is 0. The first-order valence-corrected chi connectivity index (χ1v) is 4.43. The fraction of sp³-hybridized carbons (Fsp3) is 0.250. The lowest BCUT2D eigenvalue weighted by atomic mass is 10.2. The molecule has 0 radical (unpaired) electrons. The molecule has 1 aromatic rings. The summed E-state index contributed by atoms with van der Waals surface area (Å²) in [5.41, 5.74) is 1.02. The lowest BCUT2D eigenvalue weighted by Crippen LogP contribution is -1.82. The first-order chi connectivity index (χ1) is 5.25. The van der Waals surface area contributed by atoms with Gasteiger partial charge in [0.05, 0.1) is 0 Å². The van der Waals surface area contributed by atoms with Crippen molar-refractivity contribution in [1.82, 2.24) is 0 Å². The molecule has 1 rings (SSSR count). The van der Waals surface area contributed by atoms with E-state index in [1.807, 2.05) is 31.2 Å². The molecule has 0 aliphatic rings. The monoisotopic (exact) mass is 168 g/mol. The molecule has 0 aromatic heterocycles. The van der Waals surface area contributed by atoms with Gasteiger partial charge in [0, 0.05) is 7.05 Å². The molecular formula is C8H10NOS-. The second-order valence-corrected chi connectivity index (χ2v) is 3.50. The van der Waals surface area contributed by atoms with Crippen LogP contribution in [0, 0.1) is 6.92 Å². The Morgan fingerprint density at radius 1 is 1.36 bits per heavy atom. The van der Waals surface area contributed by atoms with E-state index in [-0.39, 0.29) is 0 Å². The summed E-state index contributed by atoms with van der Waals surface area (Å²) in [5.74, 6) is 0. The van der Waals surface area contributed by atoms with Gasteiger partial charge in [-0.2, -0.15) is 10.6 Å². The van der Waals surface area contributed by atoms with Crippen LogP contribution in [0.5, 0.6) is 0 Å². The maximum absolute atomic E-state index is 11.2. The normalized spacial score (nSPS) is 13.3. The summed E-state index contributed by atoms with van der Waals surface area (Å²) in [6, 6.07) is 7.55. The van der Waals surface area contributed by atoms with Crippen molar-refractivity contribution in [1.29, 1.82) is 0 Å². The molecule has 0 aliphatic carbocycles. The van der Waals surface area contributed by atoms with Gasteiger partial charge in [0.25, 0.3) is 0 Å². The molecule has 11 heavy (non-hydrogen) atoms. The Bertz CT molecular complexity index is 327. The van der Waals surface area contributed by atoms with Crippen LogP contribution >= 0.6 is 0 Å². The van der Waals surface area contributed by atoms with Crippen molar-refractivity contribution >= 4 is 10.6 Å². The smallest absolute Gasteiger partial charge is 0.00111 e. The molecular weight excluding hydrogens is 158 g/mol. The zero-order valence-corrected chi connectivity index (χ0v) is 7.39. The van der Waals surface area contributed by atoms with Gasteiger partial charge >= 0.3 is 0 Å². The lowest BCUT2D eigenvalue weighted by molar-refractivity contribution is 0.599. The van der Waals surface area contributed by atoms with Crippen LogP contribution in [-0.2, 0) is 14.8 Å². The maximum Gasteiger partial charge on any atom is 0.00111 e. The second-order valence-electron chi connectivity index (χ2n) is 2.20. The Kier molecular flexibility index (Phi) is 2.65. The zero-order valence-electron chi connectivity index (χ0n) is 6.57. The topological polar surface area (TPSA) is 29.4 Å². The van der Waals surface area contributed by atoms with Crippen LogP contribution < -0.4 is 0 Å². The minimum atomic E-state index is -1.18. The maximum atomic E-state index is 11.2. The second kappa shape index (κ2) is 3.53. The molecule has 60 valence electrons. The summed E-state index contributed by atoms with van der Waals surface area (Å²) >= 11 is 0.